The molecule has 7 heteroatoms. The highest BCUT2D eigenvalue weighted by Gasteiger charge is 2.28. The number of aromatic nitrogens is 3. The Morgan fingerprint density at radius 2 is 1.92 bits per heavy atom. The number of likely N-dealkylation sites (tertiary alicyclic amines) is 1. The second-order valence-corrected chi connectivity index (χ2v) is 6.76. The Kier molecular flexibility index (Phi) is 4.48. The number of benzene rings is 1. The van der Waals surface area contributed by atoms with Gasteiger partial charge in [0.15, 0.2) is 0 Å². The number of carbonyl (C=O) groups is 1. The smallest absolute Gasteiger partial charge is 0.226 e. The lowest BCUT2D eigenvalue weighted by molar-refractivity contribution is -0.131. The molecule has 2 aromatic rings. The van der Waals surface area contributed by atoms with Gasteiger partial charge in [0.05, 0.1) is 13.0 Å². The molecular formula is C18H22FN5O. The molecule has 1 N–H and O–H groups in total. The first kappa shape index (κ1) is 16.2. The van der Waals surface area contributed by atoms with E-state index >= 15 is 0 Å². The van der Waals surface area contributed by atoms with E-state index in [0.717, 1.165) is 62.8 Å². The quantitative estimate of drug-likeness (QED) is 0.917. The molecule has 0 aliphatic carbocycles. The lowest BCUT2D eigenvalue weighted by Gasteiger charge is -2.32. The van der Waals surface area contributed by atoms with Crippen LogP contribution >= 0.6 is 0 Å². The first-order chi connectivity index (χ1) is 12.2. The fourth-order valence-corrected chi connectivity index (χ4v) is 3.69. The number of hydrogen-bond acceptors (Lipinski definition) is 4. The molecule has 2 aliphatic rings. The zero-order valence-electron chi connectivity index (χ0n) is 14.1. The number of amides is 1. The van der Waals surface area contributed by atoms with Crippen molar-refractivity contribution in [1.29, 1.82) is 0 Å². The van der Waals surface area contributed by atoms with Gasteiger partial charge in [-0.1, -0.05) is 12.1 Å². The van der Waals surface area contributed by atoms with Crippen LogP contribution in [0.15, 0.2) is 24.3 Å². The molecule has 0 atom stereocenters. The minimum atomic E-state index is -0.274. The summed E-state index contributed by atoms with van der Waals surface area (Å²) in [5.41, 5.74) is 0.854. The Bertz CT molecular complexity index is 749. The van der Waals surface area contributed by atoms with E-state index < -0.39 is 0 Å². The van der Waals surface area contributed by atoms with Crippen molar-refractivity contribution >= 4 is 5.91 Å². The molecular weight excluding hydrogens is 321 g/mol. The summed E-state index contributed by atoms with van der Waals surface area (Å²) in [5, 5.41) is 12.0. The largest absolute Gasteiger partial charge is 0.342 e. The molecule has 25 heavy (non-hydrogen) atoms. The summed E-state index contributed by atoms with van der Waals surface area (Å²) < 4.78 is 15.2. The highest BCUT2D eigenvalue weighted by molar-refractivity contribution is 5.78. The summed E-state index contributed by atoms with van der Waals surface area (Å²) in [6.07, 6.45) is 2.17. The third-order valence-electron chi connectivity index (χ3n) is 5.13. The van der Waals surface area contributed by atoms with E-state index in [1.54, 1.807) is 12.1 Å². The highest BCUT2D eigenvalue weighted by Crippen LogP contribution is 2.28. The molecule has 0 radical (unpaired) electrons. The van der Waals surface area contributed by atoms with Crippen LogP contribution in [-0.4, -0.2) is 45.2 Å². The monoisotopic (exact) mass is 343 g/mol. The second-order valence-electron chi connectivity index (χ2n) is 6.76. The number of piperidine rings is 1. The number of nitrogens with zero attached hydrogens (tertiary/aromatic N) is 4. The van der Waals surface area contributed by atoms with Crippen LogP contribution in [0.3, 0.4) is 0 Å². The maximum absolute atomic E-state index is 13.0. The summed E-state index contributed by atoms with van der Waals surface area (Å²) in [6, 6.07) is 6.16. The molecule has 0 unspecified atom stereocenters. The van der Waals surface area contributed by atoms with Crippen molar-refractivity contribution in [2.24, 2.45) is 0 Å². The van der Waals surface area contributed by atoms with E-state index in [9.17, 15) is 9.18 Å². The number of nitrogens with one attached hydrogen (secondary N) is 1. The van der Waals surface area contributed by atoms with E-state index in [-0.39, 0.29) is 11.7 Å². The maximum Gasteiger partial charge on any atom is 0.226 e. The van der Waals surface area contributed by atoms with E-state index in [1.807, 2.05) is 4.90 Å². The van der Waals surface area contributed by atoms with Crippen molar-refractivity contribution in [3.8, 4) is 0 Å². The van der Waals surface area contributed by atoms with Gasteiger partial charge >= 0.3 is 0 Å². The van der Waals surface area contributed by atoms with Crippen molar-refractivity contribution in [1.82, 2.24) is 25.0 Å². The molecule has 0 saturated carbocycles. The molecule has 1 amide bonds. The van der Waals surface area contributed by atoms with Gasteiger partial charge < -0.3 is 14.8 Å². The third-order valence-corrected chi connectivity index (χ3v) is 5.13. The Morgan fingerprint density at radius 3 is 2.68 bits per heavy atom. The predicted molar refractivity (Wildman–Crippen MR) is 90.4 cm³/mol. The van der Waals surface area contributed by atoms with Crippen molar-refractivity contribution in [3.05, 3.63) is 47.3 Å². The maximum atomic E-state index is 13.0. The SMILES string of the molecule is O=C(Cc1ccc(F)cc1)N1CCC(c2nnc3n2CCNC3)CC1. The fraction of sp³-hybridized carbons (Fsp3) is 0.500. The van der Waals surface area contributed by atoms with Gasteiger partial charge in [0.25, 0.3) is 0 Å². The fourth-order valence-electron chi connectivity index (χ4n) is 3.69. The van der Waals surface area contributed by atoms with Gasteiger partial charge in [-0.25, -0.2) is 4.39 Å². The number of halogens is 1. The van der Waals surface area contributed by atoms with Crippen LogP contribution in [0.4, 0.5) is 4.39 Å². The van der Waals surface area contributed by atoms with Gasteiger partial charge in [-0.05, 0) is 30.5 Å². The molecule has 0 bridgehead atoms. The molecule has 1 aromatic carbocycles. The zero-order chi connectivity index (χ0) is 17.2. The van der Waals surface area contributed by atoms with Crippen molar-refractivity contribution in [3.63, 3.8) is 0 Å². The van der Waals surface area contributed by atoms with Gasteiger partial charge in [-0.15, -0.1) is 10.2 Å². The van der Waals surface area contributed by atoms with Gasteiger partial charge in [0.1, 0.15) is 17.5 Å². The van der Waals surface area contributed by atoms with E-state index in [0.29, 0.717) is 12.3 Å². The molecule has 6 nitrogen and oxygen atoms in total. The van der Waals surface area contributed by atoms with Crippen LogP contribution in [0.1, 0.15) is 36.0 Å². The number of fused-ring (bicyclic) bond motifs is 1. The van der Waals surface area contributed by atoms with Gasteiger partial charge in [-0.2, -0.15) is 0 Å². The standard InChI is InChI=1S/C18H22FN5O/c19-15-3-1-13(2-4-15)11-17(25)23-8-5-14(6-9-23)18-22-21-16-12-20-7-10-24(16)18/h1-4,14,20H,5-12H2. The van der Waals surface area contributed by atoms with Crippen LogP contribution in [-0.2, 0) is 24.3 Å². The van der Waals surface area contributed by atoms with Gasteiger partial charge in [-0.3, -0.25) is 4.79 Å². The minimum Gasteiger partial charge on any atom is -0.342 e. The molecule has 1 saturated heterocycles. The topological polar surface area (TPSA) is 63.1 Å². The van der Waals surface area contributed by atoms with Crippen LogP contribution < -0.4 is 5.32 Å². The zero-order valence-corrected chi connectivity index (χ0v) is 14.1. The summed E-state index contributed by atoms with van der Waals surface area (Å²) in [6.45, 7) is 4.13. The average Bonchev–Trinajstić information content (AvgIpc) is 3.08. The minimum absolute atomic E-state index is 0.109. The Balaban J connectivity index is 1.35. The van der Waals surface area contributed by atoms with E-state index in [4.69, 9.17) is 0 Å². The number of carbonyl (C=O) groups excluding carboxylic acids is 1. The molecule has 3 heterocycles. The van der Waals surface area contributed by atoms with Gasteiger partial charge in [0, 0.05) is 32.1 Å². The predicted octanol–water partition coefficient (Wildman–Crippen LogP) is 1.47. The molecule has 132 valence electrons. The normalized spacial score (nSPS) is 18.2. The van der Waals surface area contributed by atoms with Crippen LogP contribution in [0, 0.1) is 5.82 Å². The van der Waals surface area contributed by atoms with Crippen LogP contribution in [0.5, 0.6) is 0 Å². The summed E-state index contributed by atoms with van der Waals surface area (Å²) in [7, 11) is 0. The Labute approximate surface area is 146 Å². The summed E-state index contributed by atoms with van der Waals surface area (Å²) in [5.74, 6) is 2.29. The van der Waals surface area contributed by atoms with Gasteiger partial charge in [0.2, 0.25) is 5.91 Å². The number of rotatable bonds is 3. The summed E-state index contributed by atoms with van der Waals surface area (Å²) >= 11 is 0. The Hall–Kier alpha value is -2.28. The first-order valence-corrected chi connectivity index (χ1v) is 8.85. The second kappa shape index (κ2) is 6.92. The van der Waals surface area contributed by atoms with Crippen molar-refractivity contribution in [2.75, 3.05) is 19.6 Å². The number of hydrogen-bond donors (Lipinski definition) is 1. The van der Waals surface area contributed by atoms with Crippen molar-refractivity contribution in [2.45, 2.75) is 38.3 Å². The third kappa shape index (κ3) is 3.42. The average molecular weight is 343 g/mol. The van der Waals surface area contributed by atoms with Crippen LogP contribution in [0.25, 0.3) is 0 Å². The lowest BCUT2D eigenvalue weighted by Crippen LogP contribution is -2.39. The molecule has 1 aromatic heterocycles. The molecule has 2 aliphatic heterocycles. The highest BCUT2D eigenvalue weighted by atomic mass is 19.1. The molecule has 0 spiro atoms. The lowest BCUT2D eigenvalue weighted by atomic mass is 9.95. The van der Waals surface area contributed by atoms with E-state index in [1.165, 1.54) is 12.1 Å². The van der Waals surface area contributed by atoms with Crippen molar-refractivity contribution < 1.29 is 9.18 Å². The molecule has 4 rings (SSSR count). The first-order valence-electron chi connectivity index (χ1n) is 8.85. The molecule has 1 fully saturated rings. The summed E-state index contributed by atoms with van der Waals surface area (Å²) in [4.78, 5) is 14.4. The Morgan fingerprint density at radius 1 is 1.16 bits per heavy atom. The van der Waals surface area contributed by atoms with Crippen LogP contribution in [0.2, 0.25) is 0 Å². The van der Waals surface area contributed by atoms with E-state index in [2.05, 4.69) is 20.1 Å².